The Balaban J connectivity index is 1.63. The molecule has 2 aliphatic rings. The second-order valence-electron chi connectivity index (χ2n) is 6.96. The largest absolute Gasteiger partial charge is 0.352 e. The van der Waals surface area contributed by atoms with Gasteiger partial charge in [-0.05, 0) is 24.2 Å². The average Bonchev–Trinajstić information content (AvgIpc) is 3.24. The Morgan fingerprint density at radius 1 is 1.19 bits per heavy atom. The van der Waals surface area contributed by atoms with Gasteiger partial charge in [-0.3, -0.25) is 9.59 Å². The maximum Gasteiger partial charge on any atom is 0.239 e. The van der Waals surface area contributed by atoms with E-state index in [2.05, 4.69) is 10.6 Å². The van der Waals surface area contributed by atoms with E-state index in [1.165, 1.54) is 32.1 Å². The minimum atomic E-state index is -0.547. The molecular weight excluding hydrogens is 266 g/mol. The fourth-order valence-electron chi connectivity index (χ4n) is 3.31. The van der Waals surface area contributed by atoms with Crippen LogP contribution in [0.2, 0.25) is 0 Å². The molecule has 2 rings (SSSR count). The van der Waals surface area contributed by atoms with Gasteiger partial charge in [-0.25, -0.2) is 0 Å². The second-order valence-corrected chi connectivity index (χ2v) is 6.96. The molecule has 0 saturated heterocycles. The van der Waals surface area contributed by atoms with Crippen LogP contribution in [0.25, 0.3) is 0 Å². The highest BCUT2D eigenvalue weighted by Gasteiger charge is 2.43. The normalized spacial score (nSPS) is 27.2. The van der Waals surface area contributed by atoms with Crippen molar-refractivity contribution in [2.45, 2.75) is 64.5 Å². The molecule has 0 aromatic rings. The molecule has 2 aliphatic carbocycles. The van der Waals surface area contributed by atoms with Crippen molar-refractivity contribution in [2.24, 2.45) is 23.5 Å². The molecule has 2 saturated carbocycles. The predicted molar refractivity (Wildman–Crippen MR) is 82.4 cm³/mol. The van der Waals surface area contributed by atoms with E-state index in [0.29, 0.717) is 12.0 Å². The number of carbonyl (C=O) groups excluding carboxylic acids is 2. The molecule has 5 nitrogen and oxygen atoms in total. The molecule has 3 atom stereocenters. The fraction of sp³-hybridized carbons (Fsp3) is 0.875. The Morgan fingerprint density at radius 3 is 2.48 bits per heavy atom. The quantitative estimate of drug-likeness (QED) is 0.688. The number of hydrogen-bond donors (Lipinski definition) is 3. The molecule has 0 spiro atoms. The van der Waals surface area contributed by atoms with Crippen LogP contribution in [0.3, 0.4) is 0 Å². The van der Waals surface area contributed by atoms with Crippen LogP contribution in [0.1, 0.15) is 52.4 Å². The summed E-state index contributed by atoms with van der Waals surface area (Å²) in [6.45, 7) is 3.82. The summed E-state index contributed by atoms with van der Waals surface area (Å²) >= 11 is 0. The number of rotatable bonds is 6. The van der Waals surface area contributed by atoms with Crippen LogP contribution in [-0.2, 0) is 9.59 Å². The third kappa shape index (κ3) is 4.70. The average molecular weight is 295 g/mol. The van der Waals surface area contributed by atoms with E-state index < -0.39 is 6.04 Å². The predicted octanol–water partition coefficient (Wildman–Crippen LogP) is 1.17. The first kappa shape index (κ1) is 16.3. The first-order valence-electron chi connectivity index (χ1n) is 8.31. The molecule has 21 heavy (non-hydrogen) atoms. The van der Waals surface area contributed by atoms with Crippen LogP contribution in [0.4, 0.5) is 0 Å². The minimum absolute atomic E-state index is 0.0349. The summed E-state index contributed by atoms with van der Waals surface area (Å²) in [6, 6.07) is -0.218. The molecular formula is C16H29N3O2. The van der Waals surface area contributed by atoms with Gasteiger partial charge in [-0.2, -0.15) is 0 Å². The van der Waals surface area contributed by atoms with Crippen LogP contribution < -0.4 is 16.4 Å². The number of amides is 2. The fourth-order valence-corrected chi connectivity index (χ4v) is 3.31. The Morgan fingerprint density at radius 2 is 1.86 bits per heavy atom. The molecule has 0 aromatic carbocycles. The number of carbonyl (C=O) groups is 2. The van der Waals surface area contributed by atoms with E-state index in [4.69, 9.17) is 5.73 Å². The maximum atomic E-state index is 11.9. The maximum absolute atomic E-state index is 11.9. The molecule has 0 radical (unpaired) electrons. The molecule has 2 fully saturated rings. The Kier molecular flexibility index (Phi) is 5.62. The van der Waals surface area contributed by atoms with Crippen LogP contribution >= 0.6 is 0 Å². The minimum Gasteiger partial charge on any atom is -0.352 e. The molecule has 0 bridgehead atoms. The smallest absolute Gasteiger partial charge is 0.239 e. The van der Waals surface area contributed by atoms with E-state index in [0.717, 1.165) is 12.3 Å². The zero-order chi connectivity index (χ0) is 15.4. The van der Waals surface area contributed by atoms with Gasteiger partial charge in [-0.15, -0.1) is 0 Å². The van der Waals surface area contributed by atoms with E-state index in [9.17, 15) is 9.59 Å². The van der Waals surface area contributed by atoms with Crippen LogP contribution in [0.15, 0.2) is 0 Å². The van der Waals surface area contributed by atoms with Crippen molar-refractivity contribution in [3.63, 3.8) is 0 Å². The summed E-state index contributed by atoms with van der Waals surface area (Å²) in [6.07, 6.45) is 7.78. The van der Waals surface area contributed by atoms with Crippen molar-refractivity contribution < 1.29 is 9.59 Å². The van der Waals surface area contributed by atoms with Gasteiger partial charge in [0.15, 0.2) is 0 Å². The van der Waals surface area contributed by atoms with Gasteiger partial charge < -0.3 is 16.4 Å². The summed E-state index contributed by atoms with van der Waals surface area (Å²) in [7, 11) is 0. The molecule has 2 amide bonds. The number of nitrogens with two attached hydrogens (primary N) is 1. The lowest BCUT2D eigenvalue weighted by Crippen LogP contribution is -2.47. The Bertz CT molecular complexity index is 378. The van der Waals surface area contributed by atoms with E-state index >= 15 is 0 Å². The Hall–Kier alpha value is -1.10. The lowest BCUT2D eigenvalue weighted by atomic mass is 9.85. The Labute approximate surface area is 127 Å². The highest BCUT2D eigenvalue weighted by atomic mass is 16.2. The van der Waals surface area contributed by atoms with Gasteiger partial charge in [-0.1, -0.05) is 46.0 Å². The van der Waals surface area contributed by atoms with Gasteiger partial charge in [0.1, 0.15) is 0 Å². The lowest BCUT2D eigenvalue weighted by Gasteiger charge is -2.21. The molecule has 2 unspecified atom stereocenters. The van der Waals surface area contributed by atoms with Crippen LogP contribution in [-0.4, -0.2) is 30.4 Å². The number of hydrogen-bond acceptors (Lipinski definition) is 3. The summed E-state index contributed by atoms with van der Waals surface area (Å²) < 4.78 is 0. The van der Waals surface area contributed by atoms with Crippen molar-refractivity contribution in [1.82, 2.24) is 10.6 Å². The molecule has 0 aliphatic heterocycles. The molecule has 120 valence electrons. The van der Waals surface area contributed by atoms with E-state index in [-0.39, 0.29) is 24.3 Å². The van der Waals surface area contributed by atoms with Crippen molar-refractivity contribution in [1.29, 1.82) is 0 Å². The van der Waals surface area contributed by atoms with Crippen LogP contribution in [0.5, 0.6) is 0 Å². The van der Waals surface area contributed by atoms with Gasteiger partial charge in [0.25, 0.3) is 0 Å². The van der Waals surface area contributed by atoms with Crippen LogP contribution in [0, 0.1) is 17.8 Å². The van der Waals surface area contributed by atoms with Crippen molar-refractivity contribution in [3.05, 3.63) is 0 Å². The monoisotopic (exact) mass is 295 g/mol. The van der Waals surface area contributed by atoms with E-state index in [1.54, 1.807) is 0 Å². The third-order valence-corrected chi connectivity index (χ3v) is 4.89. The van der Waals surface area contributed by atoms with Gasteiger partial charge >= 0.3 is 0 Å². The zero-order valence-electron chi connectivity index (χ0n) is 13.2. The highest BCUT2D eigenvalue weighted by molar-refractivity contribution is 5.87. The standard InChI is InChI=1S/C16H29N3O2/c1-10(2)15(17)16(21)18-9-14(20)19-13-8-12(13)11-6-4-3-5-7-11/h10-13,15H,3-9,17H2,1-2H3,(H,18,21)(H,19,20)/t12?,13?,15-/m0/s1. The SMILES string of the molecule is CC(C)[C@H](N)C(=O)NCC(=O)NC1CC1C1CCCCC1. The molecule has 0 heterocycles. The molecule has 4 N–H and O–H groups in total. The summed E-state index contributed by atoms with van der Waals surface area (Å²) in [5.74, 6) is 1.20. The topological polar surface area (TPSA) is 84.2 Å². The molecule has 5 heteroatoms. The first-order valence-corrected chi connectivity index (χ1v) is 8.31. The number of nitrogens with one attached hydrogen (secondary N) is 2. The van der Waals surface area contributed by atoms with Crippen molar-refractivity contribution in [2.75, 3.05) is 6.54 Å². The van der Waals surface area contributed by atoms with Gasteiger partial charge in [0.05, 0.1) is 12.6 Å². The summed E-state index contributed by atoms with van der Waals surface area (Å²) in [5.41, 5.74) is 5.74. The third-order valence-electron chi connectivity index (χ3n) is 4.89. The molecule has 0 aromatic heterocycles. The summed E-state index contributed by atoms with van der Waals surface area (Å²) in [4.78, 5) is 23.5. The zero-order valence-corrected chi connectivity index (χ0v) is 13.2. The van der Waals surface area contributed by atoms with Crippen molar-refractivity contribution in [3.8, 4) is 0 Å². The van der Waals surface area contributed by atoms with Gasteiger partial charge in [0, 0.05) is 6.04 Å². The van der Waals surface area contributed by atoms with Gasteiger partial charge in [0.2, 0.25) is 11.8 Å². The second kappa shape index (κ2) is 7.25. The summed E-state index contributed by atoms with van der Waals surface area (Å²) in [5, 5.41) is 5.65. The highest BCUT2D eigenvalue weighted by Crippen LogP contribution is 2.44. The van der Waals surface area contributed by atoms with E-state index in [1.807, 2.05) is 13.8 Å². The van der Waals surface area contributed by atoms with Crippen molar-refractivity contribution >= 4 is 11.8 Å². The first-order chi connectivity index (χ1) is 9.99. The lowest BCUT2D eigenvalue weighted by molar-refractivity contribution is -0.127.